The Morgan fingerprint density at radius 2 is 1.77 bits per heavy atom. The van der Waals surface area contributed by atoms with Crippen molar-refractivity contribution in [2.75, 3.05) is 36.4 Å². The van der Waals surface area contributed by atoms with Gasteiger partial charge in [0, 0.05) is 49.4 Å². The number of aromatic nitrogens is 2. The summed E-state index contributed by atoms with van der Waals surface area (Å²) in [5, 5.41) is 7.91. The molecule has 1 N–H and O–H groups in total. The standard InChI is InChI=1S/C25H25ClF3N5O/c1-16-5-7-17(8-6-16)20-14-22(25(27,28)29)34-23(30-20)15-21(31-34)24(35)33-11-9-32(10-12-33)19-4-2-3-18(26)13-19/h2-8,13,15,20,22,30H,9-12,14H2,1H3. The van der Waals surface area contributed by atoms with Gasteiger partial charge in [-0.3, -0.25) is 4.79 Å². The first kappa shape index (κ1) is 23.5. The number of fused-ring (bicyclic) bond motifs is 1. The number of anilines is 2. The summed E-state index contributed by atoms with van der Waals surface area (Å²) in [5.41, 5.74) is 2.79. The number of nitrogens with one attached hydrogen (secondary N) is 1. The van der Waals surface area contributed by atoms with Gasteiger partial charge in [0.2, 0.25) is 0 Å². The maximum Gasteiger partial charge on any atom is 0.410 e. The Morgan fingerprint density at radius 1 is 1.06 bits per heavy atom. The molecule has 1 fully saturated rings. The van der Waals surface area contributed by atoms with Crippen molar-refractivity contribution in [3.8, 4) is 0 Å². The molecule has 1 aromatic heterocycles. The highest BCUT2D eigenvalue weighted by atomic mass is 35.5. The van der Waals surface area contributed by atoms with E-state index in [1.807, 2.05) is 49.4 Å². The van der Waals surface area contributed by atoms with E-state index in [9.17, 15) is 18.0 Å². The van der Waals surface area contributed by atoms with Crippen molar-refractivity contribution in [3.63, 3.8) is 0 Å². The lowest BCUT2D eigenvalue weighted by atomic mass is 9.96. The summed E-state index contributed by atoms with van der Waals surface area (Å²) in [6, 6.07) is 14.0. The van der Waals surface area contributed by atoms with E-state index in [-0.39, 0.29) is 23.8 Å². The summed E-state index contributed by atoms with van der Waals surface area (Å²) in [4.78, 5) is 16.9. The number of hydrogen-bond acceptors (Lipinski definition) is 4. The average molecular weight is 504 g/mol. The monoisotopic (exact) mass is 503 g/mol. The number of hydrogen-bond donors (Lipinski definition) is 1. The third kappa shape index (κ3) is 4.82. The van der Waals surface area contributed by atoms with Crippen LogP contribution in [0, 0.1) is 6.92 Å². The van der Waals surface area contributed by atoms with Crippen LogP contribution < -0.4 is 10.2 Å². The number of carbonyl (C=O) groups is 1. The molecule has 2 atom stereocenters. The van der Waals surface area contributed by atoms with Crippen LogP contribution in [-0.2, 0) is 0 Å². The summed E-state index contributed by atoms with van der Waals surface area (Å²) in [7, 11) is 0. The minimum absolute atomic E-state index is 0.0162. The molecule has 3 heterocycles. The van der Waals surface area contributed by atoms with E-state index >= 15 is 0 Å². The maximum absolute atomic E-state index is 14.0. The second-order valence-corrected chi connectivity index (χ2v) is 9.46. The third-order valence-corrected chi connectivity index (χ3v) is 6.86. The van der Waals surface area contributed by atoms with Gasteiger partial charge in [0.15, 0.2) is 11.7 Å². The second kappa shape index (κ2) is 9.11. The number of amides is 1. The van der Waals surface area contributed by atoms with Crippen molar-refractivity contribution in [1.29, 1.82) is 0 Å². The van der Waals surface area contributed by atoms with Gasteiger partial charge in [-0.05, 0) is 30.7 Å². The van der Waals surface area contributed by atoms with Crippen molar-refractivity contribution >= 4 is 29.0 Å². The Hall–Kier alpha value is -3.20. The Balaban J connectivity index is 1.34. The normalized spacial score (nSPS) is 20.4. The zero-order valence-corrected chi connectivity index (χ0v) is 19.9. The molecule has 3 aromatic rings. The van der Waals surface area contributed by atoms with E-state index in [2.05, 4.69) is 15.3 Å². The largest absolute Gasteiger partial charge is 0.410 e. The Bertz CT molecular complexity index is 1220. The number of carbonyl (C=O) groups excluding carboxylic acids is 1. The summed E-state index contributed by atoms with van der Waals surface area (Å²) >= 11 is 6.09. The summed E-state index contributed by atoms with van der Waals surface area (Å²) in [5.74, 6) is -0.169. The van der Waals surface area contributed by atoms with E-state index in [0.717, 1.165) is 21.5 Å². The Kier molecular flexibility index (Phi) is 6.13. The van der Waals surface area contributed by atoms with Crippen LogP contribution in [0.2, 0.25) is 5.02 Å². The summed E-state index contributed by atoms with van der Waals surface area (Å²) < 4.78 is 42.8. The predicted octanol–water partition coefficient (Wildman–Crippen LogP) is 5.47. The van der Waals surface area contributed by atoms with Crippen LogP contribution in [0.5, 0.6) is 0 Å². The van der Waals surface area contributed by atoms with E-state index in [4.69, 9.17) is 11.6 Å². The van der Waals surface area contributed by atoms with Gasteiger partial charge in [-0.1, -0.05) is 47.5 Å². The average Bonchev–Trinajstić information content (AvgIpc) is 3.27. The number of alkyl halides is 3. The van der Waals surface area contributed by atoms with Crippen molar-refractivity contribution in [1.82, 2.24) is 14.7 Å². The van der Waals surface area contributed by atoms with Crippen molar-refractivity contribution in [3.05, 3.63) is 76.4 Å². The zero-order chi connectivity index (χ0) is 24.7. The molecular weight excluding hydrogens is 479 g/mol. The molecule has 0 spiro atoms. The highest BCUT2D eigenvalue weighted by Gasteiger charge is 2.47. The van der Waals surface area contributed by atoms with E-state index < -0.39 is 18.3 Å². The molecule has 0 aliphatic carbocycles. The SMILES string of the molecule is Cc1ccc(C2CC(C(F)(F)F)n3nc(C(=O)N4CCN(c5cccc(Cl)c5)CC4)cc3N2)cc1. The van der Waals surface area contributed by atoms with Gasteiger partial charge < -0.3 is 15.1 Å². The fourth-order valence-corrected chi connectivity index (χ4v) is 4.88. The summed E-state index contributed by atoms with van der Waals surface area (Å²) in [6.07, 6.45) is -4.69. The van der Waals surface area contributed by atoms with Crippen molar-refractivity contribution in [2.24, 2.45) is 0 Å². The van der Waals surface area contributed by atoms with Crippen LogP contribution in [0.15, 0.2) is 54.6 Å². The minimum atomic E-state index is -4.49. The van der Waals surface area contributed by atoms with Crippen LogP contribution >= 0.6 is 11.6 Å². The fraction of sp³-hybridized carbons (Fsp3) is 0.360. The lowest BCUT2D eigenvalue weighted by Crippen LogP contribution is -2.49. The number of rotatable bonds is 3. The summed E-state index contributed by atoms with van der Waals surface area (Å²) in [6.45, 7) is 4.00. The maximum atomic E-state index is 14.0. The lowest BCUT2D eigenvalue weighted by Gasteiger charge is -2.35. The van der Waals surface area contributed by atoms with Gasteiger partial charge in [-0.25, -0.2) is 4.68 Å². The molecule has 2 aromatic carbocycles. The number of halogens is 4. The highest BCUT2D eigenvalue weighted by Crippen LogP contribution is 2.43. The first-order valence-corrected chi connectivity index (χ1v) is 11.9. The lowest BCUT2D eigenvalue weighted by molar-refractivity contribution is -0.173. The van der Waals surface area contributed by atoms with Crippen LogP contribution in [0.25, 0.3) is 0 Å². The molecule has 1 saturated heterocycles. The van der Waals surface area contributed by atoms with Gasteiger partial charge in [-0.15, -0.1) is 0 Å². The highest BCUT2D eigenvalue weighted by molar-refractivity contribution is 6.30. The van der Waals surface area contributed by atoms with Crippen LogP contribution in [0.4, 0.5) is 24.7 Å². The molecule has 1 amide bonds. The molecule has 2 aliphatic rings. The quantitative estimate of drug-likeness (QED) is 0.515. The topological polar surface area (TPSA) is 53.4 Å². The molecule has 6 nitrogen and oxygen atoms in total. The third-order valence-electron chi connectivity index (χ3n) is 6.63. The van der Waals surface area contributed by atoms with Gasteiger partial charge in [0.1, 0.15) is 5.82 Å². The first-order valence-electron chi connectivity index (χ1n) is 11.5. The van der Waals surface area contributed by atoms with Gasteiger partial charge in [0.25, 0.3) is 5.91 Å². The predicted molar refractivity (Wildman–Crippen MR) is 129 cm³/mol. The molecule has 184 valence electrons. The van der Waals surface area contributed by atoms with E-state index in [1.54, 1.807) is 11.0 Å². The first-order chi connectivity index (χ1) is 16.7. The molecule has 0 radical (unpaired) electrons. The van der Waals surface area contributed by atoms with Crippen LogP contribution in [0.1, 0.15) is 40.1 Å². The second-order valence-electron chi connectivity index (χ2n) is 9.02. The van der Waals surface area contributed by atoms with E-state index in [1.165, 1.54) is 6.07 Å². The Morgan fingerprint density at radius 3 is 2.43 bits per heavy atom. The zero-order valence-electron chi connectivity index (χ0n) is 19.1. The molecule has 10 heteroatoms. The fourth-order valence-electron chi connectivity index (χ4n) is 4.70. The van der Waals surface area contributed by atoms with Gasteiger partial charge in [0.05, 0.1) is 6.04 Å². The molecule has 0 saturated carbocycles. The molecule has 2 aliphatic heterocycles. The molecule has 2 unspecified atom stereocenters. The molecule has 0 bridgehead atoms. The van der Waals surface area contributed by atoms with E-state index in [0.29, 0.717) is 31.2 Å². The molecule has 35 heavy (non-hydrogen) atoms. The smallest absolute Gasteiger partial charge is 0.368 e. The van der Waals surface area contributed by atoms with Crippen molar-refractivity contribution in [2.45, 2.75) is 31.6 Å². The van der Waals surface area contributed by atoms with Crippen molar-refractivity contribution < 1.29 is 18.0 Å². The number of piperazine rings is 1. The van der Waals surface area contributed by atoms with Crippen LogP contribution in [-0.4, -0.2) is 52.9 Å². The molecular formula is C25H25ClF3N5O. The Labute approximate surface area is 206 Å². The number of aryl methyl sites for hydroxylation is 1. The minimum Gasteiger partial charge on any atom is -0.368 e. The van der Waals surface area contributed by atoms with Gasteiger partial charge in [-0.2, -0.15) is 18.3 Å². The number of nitrogens with zero attached hydrogens (tertiary/aromatic N) is 4. The van der Waals surface area contributed by atoms with Gasteiger partial charge >= 0.3 is 6.18 Å². The number of benzene rings is 2. The molecule has 5 rings (SSSR count). The van der Waals surface area contributed by atoms with Crippen LogP contribution in [0.3, 0.4) is 0 Å².